The van der Waals surface area contributed by atoms with Gasteiger partial charge in [-0.05, 0) is 34.6 Å². The van der Waals surface area contributed by atoms with E-state index in [-0.39, 0.29) is 11.4 Å². The van der Waals surface area contributed by atoms with Crippen LogP contribution in [-0.2, 0) is 4.79 Å². The number of hydrogen-bond donors (Lipinski definition) is 0. The molecule has 0 N–H and O–H groups in total. The van der Waals surface area contributed by atoms with Crippen molar-refractivity contribution >= 4 is 5.91 Å². The normalized spacial score (nSPS) is 12.4. The summed E-state index contributed by atoms with van der Waals surface area (Å²) < 4.78 is 0. The first-order valence-electron chi connectivity index (χ1n) is 5.13. The Labute approximate surface area is 88.1 Å². The zero-order valence-electron chi connectivity index (χ0n) is 10.6. The maximum absolute atomic E-state index is 11.6. The minimum atomic E-state index is 0.0415. The molecule has 0 aliphatic carbocycles. The van der Waals surface area contributed by atoms with Gasteiger partial charge in [0.15, 0.2) is 0 Å². The summed E-state index contributed by atoms with van der Waals surface area (Å²) in [6.07, 6.45) is 0. The summed E-state index contributed by atoms with van der Waals surface area (Å²) in [5.74, 6) is 0.161. The second kappa shape index (κ2) is 4.78. The standard InChI is InChI=1S/C11H24N2O/c1-9(2)13(11(3,4)5)8-10(14)12(6)7/h9H,8H2,1-7H3. The highest BCUT2D eigenvalue weighted by Crippen LogP contribution is 2.16. The molecule has 0 radical (unpaired) electrons. The van der Waals surface area contributed by atoms with Gasteiger partial charge in [-0.3, -0.25) is 9.69 Å². The summed E-state index contributed by atoms with van der Waals surface area (Å²) >= 11 is 0. The summed E-state index contributed by atoms with van der Waals surface area (Å²) in [4.78, 5) is 15.4. The number of carbonyl (C=O) groups excluding carboxylic acids is 1. The molecule has 0 fully saturated rings. The monoisotopic (exact) mass is 200 g/mol. The van der Waals surface area contributed by atoms with E-state index in [0.717, 1.165) is 0 Å². The predicted molar refractivity (Wildman–Crippen MR) is 60.3 cm³/mol. The van der Waals surface area contributed by atoms with E-state index in [1.807, 2.05) is 0 Å². The Balaban J connectivity index is 4.48. The van der Waals surface area contributed by atoms with Crippen LogP contribution in [0, 0.1) is 0 Å². The molecule has 0 saturated carbocycles. The van der Waals surface area contributed by atoms with Crippen LogP contribution in [0.25, 0.3) is 0 Å². The van der Waals surface area contributed by atoms with E-state index >= 15 is 0 Å². The lowest BCUT2D eigenvalue weighted by Crippen LogP contribution is -2.50. The average molecular weight is 200 g/mol. The van der Waals surface area contributed by atoms with Crippen molar-refractivity contribution in [3.63, 3.8) is 0 Å². The van der Waals surface area contributed by atoms with Crippen LogP contribution in [0.3, 0.4) is 0 Å². The molecule has 0 aliphatic rings. The summed E-state index contributed by atoms with van der Waals surface area (Å²) in [6.45, 7) is 11.1. The first-order chi connectivity index (χ1) is 6.16. The third-order valence-corrected chi connectivity index (χ3v) is 2.29. The van der Waals surface area contributed by atoms with Gasteiger partial charge < -0.3 is 4.90 Å². The van der Waals surface area contributed by atoms with Crippen molar-refractivity contribution in [1.82, 2.24) is 9.80 Å². The second-order valence-electron chi connectivity index (χ2n) is 5.18. The van der Waals surface area contributed by atoms with E-state index in [4.69, 9.17) is 0 Å². The molecule has 84 valence electrons. The third-order valence-electron chi connectivity index (χ3n) is 2.29. The lowest BCUT2D eigenvalue weighted by Gasteiger charge is -2.38. The predicted octanol–water partition coefficient (Wildman–Crippen LogP) is 1.58. The Morgan fingerprint density at radius 1 is 1.21 bits per heavy atom. The smallest absolute Gasteiger partial charge is 0.236 e. The quantitative estimate of drug-likeness (QED) is 0.690. The number of amides is 1. The van der Waals surface area contributed by atoms with E-state index in [0.29, 0.717) is 12.6 Å². The molecule has 3 nitrogen and oxygen atoms in total. The van der Waals surface area contributed by atoms with Gasteiger partial charge in [0.2, 0.25) is 5.91 Å². The number of hydrogen-bond acceptors (Lipinski definition) is 2. The molecule has 1 amide bonds. The molecule has 3 heteroatoms. The van der Waals surface area contributed by atoms with Crippen LogP contribution in [0.5, 0.6) is 0 Å². The van der Waals surface area contributed by atoms with Gasteiger partial charge >= 0.3 is 0 Å². The Kier molecular flexibility index (Phi) is 4.59. The fourth-order valence-electron chi connectivity index (χ4n) is 1.48. The Bertz CT molecular complexity index is 192. The zero-order valence-corrected chi connectivity index (χ0v) is 10.6. The van der Waals surface area contributed by atoms with Crippen molar-refractivity contribution < 1.29 is 4.79 Å². The molecule has 0 atom stereocenters. The van der Waals surface area contributed by atoms with Gasteiger partial charge in [-0.15, -0.1) is 0 Å². The highest BCUT2D eigenvalue weighted by molar-refractivity contribution is 5.77. The van der Waals surface area contributed by atoms with Crippen LogP contribution in [0.2, 0.25) is 0 Å². The lowest BCUT2D eigenvalue weighted by molar-refractivity contribution is -0.131. The summed E-state index contributed by atoms with van der Waals surface area (Å²) in [5, 5.41) is 0. The number of carbonyl (C=O) groups is 1. The first kappa shape index (κ1) is 13.4. The van der Waals surface area contributed by atoms with Crippen LogP contribution in [0.4, 0.5) is 0 Å². The third kappa shape index (κ3) is 4.09. The van der Waals surface area contributed by atoms with E-state index < -0.39 is 0 Å². The summed E-state index contributed by atoms with van der Waals surface area (Å²) in [7, 11) is 3.59. The second-order valence-corrected chi connectivity index (χ2v) is 5.18. The molecule has 0 aromatic carbocycles. The molecule has 14 heavy (non-hydrogen) atoms. The Hall–Kier alpha value is -0.570. The number of rotatable bonds is 3. The molecule has 0 rings (SSSR count). The van der Waals surface area contributed by atoms with Gasteiger partial charge in [0, 0.05) is 25.7 Å². The van der Waals surface area contributed by atoms with Crippen LogP contribution < -0.4 is 0 Å². The van der Waals surface area contributed by atoms with Gasteiger partial charge in [-0.1, -0.05) is 0 Å². The number of likely N-dealkylation sites (N-methyl/N-ethyl adjacent to an activating group) is 1. The van der Waals surface area contributed by atoms with Crippen LogP contribution in [0.15, 0.2) is 0 Å². The molecule has 0 aliphatic heterocycles. The summed E-state index contributed by atoms with van der Waals surface area (Å²) in [5.41, 5.74) is 0.0415. The van der Waals surface area contributed by atoms with E-state index in [2.05, 4.69) is 39.5 Å². The molecule has 0 heterocycles. The highest BCUT2D eigenvalue weighted by Gasteiger charge is 2.26. The van der Waals surface area contributed by atoms with E-state index in [1.165, 1.54) is 0 Å². The van der Waals surface area contributed by atoms with Crippen molar-refractivity contribution in [2.45, 2.75) is 46.2 Å². The zero-order chi connectivity index (χ0) is 11.5. The lowest BCUT2D eigenvalue weighted by atomic mass is 10.0. The molecule has 0 spiro atoms. The van der Waals surface area contributed by atoms with Gasteiger partial charge in [0.1, 0.15) is 0 Å². The summed E-state index contributed by atoms with van der Waals surface area (Å²) in [6, 6.07) is 0.388. The van der Waals surface area contributed by atoms with Gasteiger partial charge in [-0.25, -0.2) is 0 Å². The van der Waals surface area contributed by atoms with E-state index in [9.17, 15) is 4.79 Å². The first-order valence-corrected chi connectivity index (χ1v) is 5.13. The van der Waals surface area contributed by atoms with Crippen molar-refractivity contribution in [3.05, 3.63) is 0 Å². The molecule has 0 bridgehead atoms. The molecular formula is C11H24N2O. The largest absolute Gasteiger partial charge is 0.348 e. The van der Waals surface area contributed by atoms with Crippen LogP contribution in [-0.4, -0.2) is 47.9 Å². The van der Waals surface area contributed by atoms with Gasteiger partial charge in [0.25, 0.3) is 0 Å². The van der Waals surface area contributed by atoms with Crippen LogP contribution in [0.1, 0.15) is 34.6 Å². The minimum absolute atomic E-state index is 0.0415. The molecule has 0 unspecified atom stereocenters. The molecular weight excluding hydrogens is 176 g/mol. The van der Waals surface area contributed by atoms with E-state index in [1.54, 1.807) is 19.0 Å². The maximum Gasteiger partial charge on any atom is 0.236 e. The van der Waals surface area contributed by atoms with Crippen LogP contribution >= 0.6 is 0 Å². The topological polar surface area (TPSA) is 23.6 Å². The molecule has 0 aromatic heterocycles. The average Bonchev–Trinajstić information content (AvgIpc) is 1.96. The fourth-order valence-corrected chi connectivity index (χ4v) is 1.48. The highest BCUT2D eigenvalue weighted by atomic mass is 16.2. The molecule has 0 saturated heterocycles. The van der Waals surface area contributed by atoms with Gasteiger partial charge in [-0.2, -0.15) is 0 Å². The van der Waals surface area contributed by atoms with Gasteiger partial charge in [0.05, 0.1) is 6.54 Å². The Morgan fingerprint density at radius 2 is 1.64 bits per heavy atom. The van der Waals surface area contributed by atoms with Crippen molar-refractivity contribution in [2.24, 2.45) is 0 Å². The number of nitrogens with zero attached hydrogens (tertiary/aromatic N) is 2. The van der Waals surface area contributed by atoms with Crippen molar-refractivity contribution in [3.8, 4) is 0 Å². The fraction of sp³-hybridized carbons (Fsp3) is 0.909. The Morgan fingerprint density at radius 3 is 1.86 bits per heavy atom. The maximum atomic E-state index is 11.6. The molecule has 0 aromatic rings. The van der Waals surface area contributed by atoms with Crippen molar-refractivity contribution in [1.29, 1.82) is 0 Å². The minimum Gasteiger partial charge on any atom is -0.348 e. The SMILES string of the molecule is CC(C)N(CC(=O)N(C)C)C(C)(C)C. The van der Waals surface area contributed by atoms with Crippen molar-refractivity contribution in [2.75, 3.05) is 20.6 Å².